The van der Waals surface area contributed by atoms with Crippen LogP contribution in [-0.2, 0) is 37.5 Å². The van der Waals surface area contributed by atoms with Gasteiger partial charge in [-0.2, -0.15) is 10.2 Å². The van der Waals surface area contributed by atoms with E-state index in [1.165, 1.54) is 94.9 Å². The number of H-pyrrole nitrogens is 2. The van der Waals surface area contributed by atoms with Crippen LogP contribution in [0.1, 0.15) is 20.7 Å². The second kappa shape index (κ2) is 26.4. The van der Waals surface area contributed by atoms with Gasteiger partial charge in [0, 0.05) is 33.6 Å². The number of aryl methyl sites for hydroxylation is 4. The first-order chi connectivity index (χ1) is 35.5. The van der Waals surface area contributed by atoms with E-state index in [1.807, 2.05) is 0 Å². The number of nitrogens with one attached hydrogen (secondary N) is 3. The number of benzene rings is 5. The zero-order valence-corrected chi connectivity index (χ0v) is 43.9. The average molecular weight is 1180 g/mol. The molecule has 76 heavy (non-hydrogen) atoms. The number of nitrogens with two attached hydrogens (primary N) is 1. The molecule has 1 aliphatic rings. The predicted molar refractivity (Wildman–Crippen MR) is 278 cm³/mol. The van der Waals surface area contributed by atoms with Gasteiger partial charge in [0.15, 0.2) is 10.3 Å². The largest absolute Gasteiger partial charge is 0.386 e. The van der Waals surface area contributed by atoms with Crippen molar-refractivity contribution in [2.45, 2.75) is 0 Å². The van der Waals surface area contributed by atoms with Crippen LogP contribution in [0, 0.1) is 29.1 Å². The van der Waals surface area contributed by atoms with Gasteiger partial charge in [0.1, 0.15) is 34.6 Å². The number of carbonyl (C=O) groups is 2. The lowest BCUT2D eigenvalue weighted by Crippen LogP contribution is -2.27. The number of hydrogen-bond acceptors (Lipinski definition) is 14. The van der Waals surface area contributed by atoms with Crippen molar-refractivity contribution in [3.8, 4) is 0 Å². The summed E-state index contributed by atoms with van der Waals surface area (Å²) in [6, 6.07) is 20.3. The number of rotatable bonds is 0. The molecular weight excluding hydrogens is 1140 g/mol. The van der Waals surface area contributed by atoms with Gasteiger partial charge in [-0.15, -0.1) is 0 Å². The van der Waals surface area contributed by atoms with Crippen molar-refractivity contribution in [2.24, 2.45) is 34.0 Å². The van der Waals surface area contributed by atoms with Crippen LogP contribution < -0.4 is 44.6 Å². The van der Waals surface area contributed by atoms with Gasteiger partial charge in [0.05, 0.1) is 43.3 Å². The highest BCUT2D eigenvalue weighted by atomic mass is 36.0. The van der Waals surface area contributed by atoms with Crippen molar-refractivity contribution >= 4 is 117 Å². The van der Waals surface area contributed by atoms with E-state index < -0.39 is 74.0 Å². The quantitative estimate of drug-likeness (QED) is 0.0292. The molecule has 5 heterocycles. The van der Waals surface area contributed by atoms with Gasteiger partial charge < -0.3 is 4.74 Å². The Morgan fingerprint density at radius 2 is 0.895 bits per heavy atom. The Morgan fingerprint density at radius 3 is 1.42 bits per heavy atom. The number of aromatic amines is 2. The van der Waals surface area contributed by atoms with Crippen LogP contribution in [-0.4, -0.2) is 58.1 Å². The van der Waals surface area contributed by atoms with E-state index in [0.717, 1.165) is 36.9 Å². The van der Waals surface area contributed by atoms with Gasteiger partial charge in [-0.25, -0.2) is 40.9 Å². The number of esters is 2. The highest BCUT2D eigenvalue weighted by Gasteiger charge is 2.32. The molecule has 5 N–H and O–H groups in total. The van der Waals surface area contributed by atoms with Crippen LogP contribution in [0.25, 0.3) is 43.1 Å². The molecule has 0 radical (unpaired) electrons. The summed E-state index contributed by atoms with van der Waals surface area (Å²) in [5.41, 5.74) is -0.882. The van der Waals surface area contributed by atoms with Crippen LogP contribution in [0.4, 0.5) is 22.0 Å². The van der Waals surface area contributed by atoms with E-state index >= 15 is 0 Å². The molecule has 9 aromatic rings. The zero-order valence-electron chi connectivity index (χ0n) is 39.2. The lowest BCUT2D eigenvalue weighted by atomic mass is 10.1. The summed E-state index contributed by atoms with van der Waals surface area (Å²) in [4.78, 5) is 90.2. The Morgan fingerprint density at radius 1 is 0.513 bits per heavy atom. The fraction of sp³-hybridized carbons (Fsp3) is 0.111. The molecule has 0 spiro atoms. The number of hydrazine groups is 1. The molecule has 4 aromatic heterocycles. The first kappa shape index (κ1) is 61.2. The van der Waals surface area contributed by atoms with Crippen molar-refractivity contribution in [1.82, 2.24) is 44.5 Å². The minimum atomic E-state index is -3.22. The molecule has 0 bridgehead atoms. The normalized spacial score (nSPS) is 11.2. The summed E-state index contributed by atoms with van der Waals surface area (Å²) >= 11 is 25.3. The fourth-order valence-electron chi connectivity index (χ4n) is 6.45. The molecule has 20 nitrogen and oxygen atoms in total. The van der Waals surface area contributed by atoms with E-state index in [0.29, 0.717) is 5.39 Å². The molecule has 0 atom stereocenters. The second-order valence-corrected chi connectivity index (χ2v) is 22.1. The minimum Gasteiger partial charge on any atom is -0.386 e. The van der Waals surface area contributed by atoms with Crippen LogP contribution in [0.15, 0.2) is 120 Å². The number of aromatic nitrogens is 8. The van der Waals surface area contributed by atoms with Crippen molar-refractivity contribution < 1.29 is 40.8 Å². The first-order valence-corrected chi connectivity index (χ1v) is 25.7. The third-order valence-electron chi connectivity index (χ3n) is 9.68. The van der Waals surface area contributed by atoms with Crippen LogP contribution in [0.5, 0.6) is 0 Å². The van der Waals surface area contributed by atoms with Crippen molar-refractivity contribution in [2.75, 3.05) is 7.05 Å². The van der Waals surface area contributed by atoms with Crippen molar-refractivity contribution in [3.05, 3.63) is 204 Å². The molecule has 5 aromatic carbocycles. The second-order valence-electron chi connectivity index (χ2n) is 14.7. The molecule has 1 aliphatic heterocycles. The standard InChI is InChI=1S/2C9H6ClFN2O.2C9H7FN2O2.C8H3FO3.CH6N2.Cl3OP/c1-13-9(14)5-3-2-4-6(11)7(5)8(10)12-13;1-13-9(14)7-5(8(10)12-13)3-2-4-6(7)11;1-12-9(14)5-3-2-4-6(10)7(5)8(13)11-12;1-12-9(14)7-5(8(13)11-12)3-2-4-6(7)10;9-5-3-1-2-4-6(5)8(11)12-7(4)10;1-3-2;1-5(2,3)4/h2*2-4H,1H3;2*2-4H,1H3,(H,11,13);1-3H;3H,2H2,1H3;. The van der Waals surface area contributed by atoms with Crippen molar-refractivity contribution in [1.29, 1.82) is 0 Å². The minimum absolute atomic E-state index is 0.000000000000000444. The van der Waals surface area contributed by atoms with E-state index in [1.54, 1.807) is 13.1 Å². The third-order valence-corrected chi connectivity index (χ3v) is 10.2. The molecule has 0 amide bonds. The Balaban J connectivity index is 0.000000198. The van der Waals surface area contributed by atoms with E-state index in [2.05, 4.69) is 70.1 Å². The van der Waals surface area contributed by atoms with Crippen LogP contribution in [0.3, 0.4) is 0 Å². The van der Waals surface area contributed by atoms with E-state index in [-0.39, 0.29) is 64.7 Å². The molecular formula is C45H35Cl5F5N10O10P. The third kappa shape index (κ3) is 14.9. The lowest BCUT2D eigenvalue weighted by Gasteiger charge is -2.02. The number of fused-ring (bicyclic) bond motifs is 5. The summed E-state index contributed by atoms with van der Waals surface area (Å²) in [6.07, 6.45) is 0. The van der Waals surface area contributed by atoms with E-state index in [9.17, 15) is 64.9 Å². The number of ether oxygens (including phenoxy) is 1. The summed E-state index contributed by atoms with van der Waals surface area (Å²) in [7, 11) is 7.34. The van der Waals surface area contributed by atoms with Gasteiger partial charge in [0.25, 0.3) is 33.4 Å². The molecule has 400 valence electrons. The number of carbonyl (C=O) groups excluding carboxylic acids is 2. The molecule has 0 fully saturated rings. The Labute approximate surface area is 445 Å². The number of halogens is 10. The Kier molecular flexibility index (Phi) is 21.3. The van der Waals surface area contributed by atoms with Crippen LogP contribution >= 0.6 is 62.1 Å². The molecule has 0 saturated heterocycles. The van der Waals surface area contributed by atoms with Gasteiger partial charge in [-0.1, -0.05) is 59.6 Å². The topological polar surface area (TPSA) is 278 Å². The Hall–Kier alpha value is -7.35. The number of hydrogen-bond donors (Lipinski definition) is 4. The summed E-state index contributed by atoms with van der Waals surface area (Å²) in [5, 5.41) is 9.33. The number of nitrogens with zero attached hydrogens (tertiary/aromatic N) is 6. The lowest BCUT2D eigenvalue weighted by molar-refractivity contribution is 0.0442. The maximum atomic E-state index is 13.3. The van der Waals surface area contributed by atoms with E-state index in [4.69, 9.17) is 23.2 Å². The molecule has 0 saturated carbocycles. The highest BCUT2D eigenvalue weighted by molar-refractivity contribution is 8.24. The monoisotopic (exact) mass is 1180 g/mol. The van der Waals surface area contributed by atoms with Gasteiger partial charge >= 0.3 is 17.1 Å². The first-order valence-electron chi connectivity index (χ1n) is 20.5. The van der Waals surface area contributed by atoms with Gasteiger partial charge in [-0.3, -0.25) is 64.2 Å². The summed E-state index contributed by atoms with van der Waals surface area (Å²) in [6.45, 7) is 0. The SMILES string of the molecule is CNN.Cn1[nH]c(=O)c2c(F)cccc2c1=O.Cn1[nH]c(=O)c2cccc(F)c2c1=O.Cn1nc(Cl)c2c(F)cccc2c1=O.Cn1nc(Cl)c2cccc(F)c2c1=O.O=C1OC(=O)c2c(F)cccc21.O=P(Cl)(Cl)Cl. The van der Waals surface area contributed by atoms with Crippen molar-refractivity contribution in [3.63, 3.8) is 0 Å². The fourth-order valence-corrected chi connectivity index (χ4v) is 7.02. The molecule has 0 unspecified atom stereocenters. The smallest absolute Gasteiger partial charge is 0.349 e. The number of cyclic esters (lactones) is 2. The highest BCUT2D eigenvalue weighted by Crippen LogP contribution is 2.61. The molecule has 0 aliphatic carbocycles. The molecule has 10 rings (SSSR count). The summed E-state index contributed by atoms with van der Waals surface area (Å²) < 4.78 is 83.7. The van der Waals surface area contributed by atoms with Gasteiger partial charge in [0.2, 0.25) is 0 Å². The molecule has 31 heteroatoms. The zero-order chi connectivity index (χ0) is 57.1. The maximum absolute atomic E-state index is 13.3. The van der Waals surface area contributed by atoms with Gasteiger partial charge in [-0.05, 0) is 95.4 Å². The predicted octanol–water partition coefficient (Wildman–Crippen LogP) is 7.21. The summed E-state index contributed by atoms with van der Waals surface area (Å²) in [5.74, 6) is -0.272. The Bertz CT molecular complexity index is 4130. The van der Waals surface area contributed by atoms with Crippen LogP contribution in [0.2, 0.25) is 10.3 Å². The average Bonchev–Trinajstić information content (AvgIpc) is 3.64. The maximum Gasteiger partial charge on any atom is 0.349 e.